The highest BCUT2D eigenvalue weighted by atomic mass is 19.4. The maximum absolute atomic E-state index is 13.0. The summed E-state index contributed by atoms with van der Waals surface area (Å²) in [5, 5.41) is 0. The van der Waals surface area contributed by atoms with Crippen LogP contribution in [0, 0.1) is 0 Å². The van der Waals surface area contributed by atoms with Crippen LogP contribution in [0.2, 0.25) is 0 Å². The monoisotopic (exact) mass is 412 g/mol. The van der Waals surface area contributed by atoms with Crippen molar-refractivity contribution in [2.24, 2.45) is 0 Å². The van der Waals surface area contributed by atoms with E-state index in [0.29, 0.717) is 0 Å². The number of alkyl halides is 15. The van der Waals surface area contributed by atoms with E-state index in [1.807, 2.05) is 0 Å². The molecule has 0 unspecified atom stereocenters. The SMILES string of the molecule is CC(F)(F)C(F)(F)CCC(F)(F)C(F)(F)C(F)(F)C(F)(F)C(F)(F)F. The Kier molecular flexibility index (Phi) is 5.74. The zero-order valence-electron chi connectivity index (χ0n) is 11.6. The van der Waals surface area contributed by atoms with Crippen molar-refractivity contribution in [2.45, 2.75) is 61.5 Å². The van der Waals surface area contributed by atoms with Crippen LogP contribution in [-0.2, 0) is 0 Å². The summed E-state index contributed by atoms with van der Waals surface area (Å²) >= 11 is 0. The van der Waals surface area contributed by atoms with Crippen molar-refractivity contribution in [3.05, 3.63) is 0 Å². The number of halogens is 15. The average Bonchev–Trinajstić information content (AvgIpc) is 2.33. The number of rotatable bonds is 7. The Balaban J connectivity index is 5.76. The summed E-state index contributed by atoms with van der Waals surface area (Å²) in [6, 6.07) is 0. The Bertz CT molecular complexity index is 466. The van der Waals surface area contributed by atoms with Gasteiger partial charge in [0.1, 0.15) is 0 Å². The van der Waals surface area contributed by atoms with Gasteiger partial charge in [-0.3, -0.25) is 0 Å². The molecule has 0 spiro atoms. The number of hydrogen-bond acceptors (Lipinski definition) is 0. The summed E-state index contributed by atoms with van der Waals surface area (Å²) in [5.41, 5.74) is 0. The molecule has 0 saturated carbocycles. The topological polar surface area (TPSA) is 0 Å². The first-order chi connectivity index (χ1) is 10.5. The molecule has 0 aromatic rings. The molecule has 0 amide bonds. The summed E-state index contributed by atoms with van der Waals surface area (Å²) < 4.78 is 188. The lowest BCUT2D eigenvalue weighted by molar-refractivity contribution is -0.423. The van der Waals surface area contributed by atoms with Crippen LogP contribution in [0.3, 0.4) is 0 Å². The van der Waals surface area contributed by atoms with Crippen molar-refractivity contribution in [1.82, 2.24) is 0 Å². The van der Waals surface area contributed by atoms with E-state index in [-0.39, 0.29) is 0 Å². The van der Waals surface area contributed by atoms with Gasteiger partial charge in [-0.15, -0.1) is 0 Å². The highest BCUT2D eigenvalue weighted by Crippen LogP contribution is 2.58. The first-order valence-electron chi connectivity index (χ1n) is 5.79. The van der Waals surface area contributed by atoms with E-state index in [1.165, 1.54) is 0 Å². The van der Waals surface area contributed by atoms with E-state index in [9.17, 15) is 65.9 Å². The summed E-state index contributed by atoms with van der Waals surface area (Å²) in [7, 11) is 0. The van der Waals surface area contributed by atoms with Gasteiger partial charge in [-0.25, -0.2) is 8.78 Å². The molecule has 152 valence electrons. The molecule has 0 bridgehead atoms. The van der Waals surface area contributed by atoms with Gasteiger partial charge in [0.05, 0.1) is 0 Å². The largest absolute Gasteiger partial charge is 0.460 e. The van der Waals surface area contributed by atoms with E-state index < -0.39 is 61.5 Å². The van der Waals surface area contributed by atoms with Crippen molar-refractivity contribution >= 4 is 0 Å². The Morgan fingerprint density at radius 1 is 0.440 bits per heavy atom. The van der Waals surface area contributed by atoms with Gasteiger partial charge in [-0.05, 0) is 0 Å². The van der Waals surface area contributed by atoms with Crippen LogP contribution >= 0.6 is 0 Å². The van der Waals surface area contributed by atoms with Gasteiger partial charge < -0.3 is 0 Å². The molecule has 0 aliphatic heterocycles. The lowest BCUT2D eigenvalue weighted by Gasteiger charge is -2.37. The Morgan fingerprint density at radius 3 is 1.04 bits per heavy atom. The molecule has 0 heterocycles. The summed E-state index contributed by atoms with van der Waals surface area (Å²) in [6.45, 7) is -0.546. The van der Waals surface area contributed by atoms with Crippen molar-refractivity contribution < 1.29 is 65.9 Å². The molecule has 0 aliphatic carbocycles. The van der Waals surface area contributed by atoms with Crippen molar-refractivity contribution in [2.75, 3.05) is 0 Å². The van der Waals surface area contributed by atoms with Crippen molar-refractivity contribution in [3.8, 4) is 0 Å². The summed E-state index contributed by atoms with van der Waals surface area (Å²) in [4.78, 5) is 0. The molecule has 0 aromatic heterocycles. The van der Waals surface area contributed by atoms with Gasteiger partial charge >= 0.3 is 41.7 Å². The van der Waals surface area contributed by atoms with Gasteiger partial charge in [-0.1, -0.05) is 0 Å². The molecule has 15 heteroatoms. The molecule has 0 aliphatic rings. The molecule has 0 atom stereocenters. The lowest BCUT2D eigenvalue weighted by atomic mass is 9.93. The molecule has 0 rings (SSSR count). The zero-order chi connectivity index (χ0) is 20.9. The Labute approximate surface area is 129 Å². The second-order valence-electron chi connectivity index (χ2n) is 5.02. The molecule has 0 nitrogen and oxygen atoms in total. The van der Waals surface area contributed by atoms with Gasteiger partial charge in [-0.2, -0.15) is 57.1 Å². The first kappa shape index (κ1) is 23.9. The van der Waals surface area contributed by atoms with Gasteiger partial charge in [0.25, 0.3) is 0 Å². The zero-order valence-corrected chi connectivity index (χ0v) is 11.6. The van der Waals surface area contributed by atoms with Crippen LogP contribution in [0.5, 0.6) is 0 Å². The van der Waals surface area contributed by atoms with Gasteiger partial charge in [0, 0.05) is 19.8 Å². The molecule has 0 aromatic carbocycles. The molecule has 25 heavy (non-hydrogen) atoms. The van der Waals surface area contributed by atoms with Crippen LogP contribution in [0.4, 0.5) is 65.9 Å². The molecule has 0 saturated heterocycles. The second kappa shape index (κ2) is 5.99. The van der Waals surface area contributed by atoms with Crippen LogP contribution in [0.1, 0.15) is 19.8 Å². The lowest BCUT2D eigenvalue weighted by Crippen LogP contribution is -2.66. The first-order valence-corrected chi connectivity index (χ1v) is 5.79. The Hall–Kier alpha value is -1.05. The van der Waals surface area contributed by atoms with E-state index in [4.69, 9.17) is 0 Å². The van der Waals surface area contributed by atoms with Crippen LogP contribution in [-0.4, -0.2) is 41.7 Å². The van der Waals surface area contributed by atoms with Crippen LogP contribution in [0.25, 0.3) is 0 Å². The summed E-state index contributed by atoms with van der Waals surface area (Å²) in [5.74, 6) is -40.0. The number of hydrogen-bond donors (Lipinski definition) is 0. The standard InChI is InChI=1S/C10H7F15/c1-4(11,12)5(13,14)2-3-6(15,16)7(17,18)8(19,20)9(21,22)10(23,24)25/h2-3H2,1H3. The fourth-order valence-corrected chi connectivity index (χ4v) is 1.30. The summed E-state index contributed by atoms with van der Waals surface area (Å²) in [6.07, 6.45) is -13.5. The van der Waals surface area contributed by atoms with Crippen molar-refractivity contribution in [1.29, 1.82) is 0 Å². The van der Waals surface area contributed by atoms with Gasteiger partial charge in [0.15, 0.2) is 0 Å². The van der Waals surface area contributed by atoms with E-state index in [2.05, 4.69) is 0 Å². The fourth-order valence-electron chi connectivity index (χ4n) is 1.30. The maximum atomic E-state index is 13.0. The second-order valence-corrected chi connectivity index (χ2v) is 5.02. The molecular formula is C10H7F15. The molecule has 0 fully saturated rings. The minimum absolute atomic E-state index is 0.546. The smallest absolute Gasteiger partial charge is 0.200 e. The van der Waals surface area contributed by atoms with E-state index in [1.54, 1.807) is 0 Å². The average molecular weight is 412 g/mol. The fraction of sp³-hybridized carbons (Fsp3) is 1.00. The molecule has 0 N–H and O–H groups in total. The third kappa shape index (κ3) is 3.88. The quantitative estimate of drug-likeness (QED) is 0.440. The third-order valence-electron chi connectivity index (χ3n) is 3.00. The third-order valence-corrected chi connectivity index (χ3v) is 3.00. The molecule has 0 radical (unpaired) electrons. The normalized spacial score (nSPS) is 16.3. The van der Waals surface area contributed by atoms with E-state index in [0.717, 1.165) is 0 Å². The minimum Gasteiger partial charge on any atom is -0.200 e. The predicted molar refractivity (Wildman–Crippen MR) is 50.6 cm³/mol. The van der Waals surface area contributed by atoms with Crippen LogP contribution < -0.4 is 0 Å². The minimum atomic E-state index is -7.76. The maximum Gasteiger partial charge on any atom is 0.460 e. The highest BCUT2D eigenvalue weighted by molar-refractivity contribution is 5.06. The van der Waals surface area contributed by atoms with E-state index >= 15 is 0 Å². The molecular weight excluding hydrogens is 405 g/mol. The van der Waals surface area contributed by atoms with Gasteiger partial charge in [0.2, 0.25) is 0 Å². The predicted octanol–water partition coefficient (Wildman–Crippen LogP) is 6.16. The highest BCUT2D eigenvalue weighted by Gasteiger charge is 2.87. The van der Waals surface area contributed by atoms with Crippen LogP contribution in [0.15, 0.2) is 0 Å². The Morgan fingerprint density at radius 2 is 0.760 bits per heavy atom. The van der Waals surface area contributed by atoms with Crippen molar-refractivity contribution in [3.63, 3.8) is 0 Å².